The van der Waals surface area contributed by atoms with E-state index in [1.807, 2.05) is 0 Å². The Bertz CT molecular complexity index is 317. The number of rotatable bonds is 4. The molecule has 3 nitrogen and oxygen atoms in total. The molecule has 1 N–H and O–H groups in total. The topological polar surface area (TPSA) is 38.7 Å². The number of ether oxygens (including phenoxy) is 2. The zero-order chi connectivity index (χ0) is 10.4. The Labute approximate surface area is 83.3 Å². The van der Waals surface area contributed by atoms with Crippen LogP contribution in [0.2, 0.25) is 0 Å². The molecule has 0 aliphatic carbocycles. The fraction of sp³-hybridized carbons (Fsp3) is 0.273. The Balaban J connectivity index is 3.00. The largest absolute Gasteiger partial charge is 0.493 e. The molecule has 0 spiro atoms. The van der Waals surface area contributed by atoms with Crippen LogP contribution in [-0.2, 0) is 6.61 Å². The van der Waals surface area contributed by atoms with E-state index < -0.39 is 0 Å². The highest BCUT2D eigenvalue weighted by molar-refractivity contribution is 5.46. The summed E-state index contributed by atoms with van der Waals surface area (Å²) >= 11 is 0. The van der Waals surface area contributed by atoms with Crippen molar-refractivity contribution in [2.24, 2.45) is 0 Å². The first-order valence-electron chi connectivity index (χ1n) is 4.16. The van der Waals surface area contributed by atoms with E-state index in [1.54, 1.807) is 25.3 Å². The van der Waals surface area contributed by atoms with Gasteiger partial charge in [-0.1, -0.05) is 18.1 Å². The minimum Gasteiger partial charge on any atom is -0.493 e. The molecule has 0 saturated carbocycles. The van der Waals surface area contributed by atoms with Gasteiger partial charge in [0.15, 0.2) is 11.5 Å². The normalized spacial score (nSPS) is 9.21. The summed E-state index contributed by atoms with van der Waals surface area (Å²) in [5, 5.41) is 9.05. The van der Waals surface area contributed by atoms with Gasteiger partial charge in [-0.3, -0.25) is 0 Å². The molecule has 0 saturated heterocycles. The Morgan fingerprint density at radius 2 is 2.29 bits per heavy atom. The lowest BCUT2D eigenvalue weighted by molar-refractivity contribution is 0.265. The SMILES string of the molecule is C#CCOc1c(CO)cccc1OC. The summed E-state index contributed by atoms with van der Waals surface area (Å²) in [4.78, 5) is 0. The van der Waals surface area contributed by atoms with Crippen LogP contribution < -0.4 is 9.47 Å². The standard InChI is InChI=1S/C11H12O3/c1-3-7-14-11-9(8-12)5-4-6-10(11)13-2/h1,4-6,12H,7-8H2,2H3. The van der Waals surface area contributed by atoms with E-state index in [0.717, 1.165) is 0 Å². The first-order valence-corrected chi connectivity index (χ1v) is 4.16. The number of terminal acetylenes is 1. The predicted octanol–water partition coefficient (Wildman–Crippen LogP) is 1.20. The molecular weight excluding hydrogens is 180 g/mol. The third-order valence-corrected chi connectivity index (χ3v) is 1.75. The van der Waals surface area contributed by atoms with Crippen LogP contribution in [0.15, 0.2) is 18.2 Å². The van der Waals surface area contributed by atoms with Crippen molar-refractivity contribution in [1.82, 2.24) is 0 Å². The number of methoxy groups -OCH3 is 1. The van der Waals surface area contributed by atoms with Gasteiger partial charge in [0.05, 0.1) is 13.7 Å². The second-order valence-electron chi connectivity index (χ2n) is 2.60. The molecule has 3 heteroatoms. The highest BCUT2D eigenvalue weighted by Gasteiger charge is 2.08. The first kappa shape index (κ1) is 10.4. The fourth-order valence-corrected chi connectivity index (χ4v) is 1.12. The molecule has 0 atom stereocenters. The van der Waals surface area contributed by atoms with Crippen molar-refractivity contribution in [2.75, 3.05) is 13.7 Å². The molecule has 0 heterocycles. The minimum atomic E-state index is -0.100. The lowest BCUT2D eigenvalue weighted by atomic mass is 10.2. The summed E-state index contributed by atoms with van der Waals surface area (Å²) in [6, 6.07) is 5.30. The third kappa shape index (κ3) is 2.18. The summed E-state index contributed by atoms with van der Waals surface area (Å²) < 4.78 is 10.4. The zero-order valence-corrected chi connectivity index (χ0v) is 7.99. The van der Waals surface area contributed by atoms with Crippen molar-refractivity contribution in [3.05, 3.63) is 23.8 Å². The fourth-order valence-electron chi connectivity index (χ4n) is 1.12. The van der Waals surface area contributed by atoms with Gasteiger partial charge in [0.1, 0.15) is 6.61 Å². The summed E-state index contributed by atoms with van der Waals surface area (Å²) in [5.41, 5.74) is 0.666. The molecule has 0 aromatic heterocycles. The van der Waals surface area contributed by atoms with E-state index in [4.69, 9.17) is 21.0 Å². The van der Waals surface area contributed by atoms with E-state index in [-0.39, 0.29) is 13.2 Å². The number of para-hydroxylation sites is 1. The van der Waals surface area contributed by atoms with E-state index in [0.29, 0.717) is 17.1 Å². The van der Waals surface area contributed by atoms with Crippen molar-refractivity contribution in [1.29, 1.82) is 0 Å². The van der Waals surface area contributed by atoms with Gasteiger partial charge in [-0.15, -0.1) is 6.42 Å². The van der Waals surface area contributed by atoms with Crippen molar-refractivity contribution >= 4 is 0 Å². The second-order valence-corrected chi connectivity index (χ2v) is 2.60. The number of aliphatic hydroxyl groups excluding tert-OH is 1. The lowest BCUT2D eigenvalue weighted by Crippen LogP contribution is -2.00. The van der Waals surface area contributed by atoms with Crippen molar-refractivity contribution in [3.63, 3.8) is 0 Å². The monoisotopic (exact) mass is 192 g/mol. The van der Waals surface area contributed by atoms with Gasteiger partial charge in [-0.2, -0.15) is 0 Å². The summed E-state index contributed by atoms with van der Waals surface area (Å²) in [6.45, 7) is 0.0600. The quantitative estimate of drug-likeness (QED) is 0.728. The summed E-state index contributed by atoms with van der Waals surface area (Å²) in [7, 11) is 1.54. The molecule has 1 rings (SSSR count). The van der Waals surface area contributed by atoms with Gasteiger partial charge in [0, 0.05) is 5.56 Å². The molecule has 1 aromatic carbocycles. The Morgan fingerprint density at radius 1 is 1.50 bits per heavy atom. The van der Waals surface area contributed by atoms with Crippen LogP contribution in [-0.4, -0.2) is 18.8 Å². The number of hydrogen-bond acceptors (Lipinski definition) is 3. The van der Waals surface area contributed by atoms with Crippen LogP contribution in [0.25, 0.3) is 0 Å². The zero-order valence-electron chi connectivity index (χ0n) is 7.99. The molecule has 1 aromatic rings. The van der Waals surface area contributed by atoms with Gasteiger partial charge in [-0.25, -0.2) is 0 Å². The highest BCUT2D eigenvalue weighted by atomic mass is 16.5. The van der Waals surface area contributed by atoms with Crippen LogP contribution in [0.4, 0.5) is 0 Å². The van der Waals surface area contributed by atoms with Crippen molar-refractivity contribution in [2.45, 2.75) is 6.61 Å². The van der Waals surface area contributed by atoms with Crippen molar-refractivity contribution in [3.8, 4) is 23.8 Å². The third-order valence-electron chi connectivity index (χ3n) is 1.75. The number of hydrogen-bond donors (Lipinski definition) is 1. The van der Waals surface area contributed by atoms with E-state index in [9.17, 15) is 0 Å². The molecule has 0 aliphatic heterocycles. The van der Waals surface area contributed by atoms with E-state index in [1.165, 1.54) is 0 Å². The van der Waals surface area contributed by atoms with Gasteiger partial charge >= 0.3 is 0 Å². The lowest BCUT2D eigenvalue weighted by Gasteiger charge is -2.11. The molecule has 0 amide bonds. The maximum absolute atomic E-state index is 9.05. The average Bonchev–Trinajstić information content (AvgIpc) is 2.25. The van der Waals surface area contributed by atoms with Crippen LogP contribution in [0.5, 0.6) is 11.5 Å². The molecule has 0 bridgehead atoms. The summed E-state index contributed by atoms with van der Waals surface area (Å²) in [6.07, 6.45) is 5.08. The van der Waals surface area contributed by atoms with Gasteiger partial charge in [-0.05, 0) is 6.07 Å². The smallest absolute Gasteiger partial charge is 0.168 e. The minimum absolute atomic E-state index is 0.100. The Morgan fingerprint density at radius 3 is 2.86 bits per heavy atom. The molecule has 0 aliphatic rings. The molecule has 74 valence electrons. The molecule has 0 unspecified atom stereocenters. The molecule has 14 heavy (non-hydrogen) atoms. The number of benzene rings is 1. The van der Waals surface area contributed by atoms with E-state index in [2.05, 4.69) is 5.92 Å². The van der Waals surface area contributed by atoms with Gasteiger partial charge in [0.25, 0.3) is 0 Å². The summed E-state index contributed by atoms with van der Waals surface area (Å²) in [5.74, 6) is 3.44. The molecule has 0 fully saturated rings. The van der Waals surface area contributed by atoms with Crippen molar-refractivity contribution < 1.29 is 14.6 Å². The maximum atomic E-state index is 9.05. The average molecular weight is 192 g/mol. The van der Waals surface area contributed by atoms with Crippen LogP contribution in [0, 0.1) is 12.3 Å². The Hall–Kier alpha value is -1.66. The van der Waals surface area contributed by atoms with Gasteiger partial charge in [0.2, 0.25) is 0 Å². The second kappa shape index (κ2) is 5.15. The van der Waals surface area contributed by atoms with Gasteiger partial charge < -0.3 is 14.6 Å². The maximum Gasteiger partial charge on any atom is 0.168 e. The molecule has 0 radical (unpaired) electrons. The highest BCUT2D eigenvalue weighted by Crippen LogP contribution is 2.30. The Kier molecular flexibility index (Phi) is 3.84. The van der Waals surface area contributed by atoms with E-state index >= 15 is 0 Å². The predicted molar refractivity (Wildman–Crippen MR) is 53.2 cm³/mol. The van der Waals surface area contributed by atoms with Crippen LogP contribution in [0.3, 0.4) is 0 Å². The van der Waals surface area contributed by atoms with Crippen LogP contribution in [0.1, 0.15) is 5.56 Å². The molecular formula is C11H12O3. The first-order chi connectivity index (χ1) is 6.83. The van der Waals surface area contributed by atoms with Crippen LogP contribution >= 0.6 is 0 Å². The number of aliphatic hydroxyl groups is 1.